The van der Waals surface area contributed by atoms with Crippen molar-refractivity contribution in [2.45, 2.75) is 12.8 Å². The van der Waals surface area contributed by atoms with Crippen LogP contribution in [0.15, 0.2) is 12.3 Å². The highest BCUT2D eigenvalue weighted by molar-refractivity contribution is 5.38. The number of hydrogen-bond acceptors (Lipinski definition) is 8. The fraction of sp³-hybridized carbons (Fsp3) is 0.778. The molecule has 0 aromatic carbocycles. The van der Waals surface area contributed by atoms with E-state index in [1.807, 2.05) is 6.07 Å². The Morgan fingerprint density at radius 1 is 1.04 bits per heavy atom. The first-order valence-electron chi connectivity index (χ1n) is 9.69. The highest BCUT2D eigenvalue weighted by atomic mass is 16.5. The van der Waals surface area contributed by atoms with Crippen molar-refractivity contribution >= 4 is 5.82 Å². The molecule has 146 valence electrons. The molecule has 1 N–H and O–H groups in total. The van der Waals surface area contributed by atoms with E-state index >= 15 is 0 Å². The van der Waals surface area contributed by atoms with Crippen LogP contribution in [-0.2, 0) is 4.74 Å². The first-order chi connectivity index (χ1) is 12.8. The maximum absolute atomic E-state index is 9.00. The Morgan fingerprint density at radius 3 is 2.73 bits per heavy atom. The SMILES string of the molecule is OCCCN1CCCN(c2ccnc(OCCN3CCOCC3)n2)CC1. The molecule has 2 aliphatic heterocycles. The Bertz CT molecular complexity index is 527. The van der Waals surface area contributed by atoms with E-state index in [2.05, 4.69) is 24.7 Å². The summed E-state index contributed by atoms with van der Waals surface area (Å²) in [7, 11) is 0. The third kappa shape index (κ3) is 6.05. The molecule has 1 aromatic heterocycles. The van der Waals surface area contributed by atoms with Gasteiger partial charge >= 0.3 is 6.01 Å². The Morgan fingerprint density at radius 2 is 1.88 bits per heavy atom. The van der Waals surface area contributed by atoms with Crippen LogP contribution in [0.1, 0.15) is 12.8 Å². The zero-order chi connectivity index (χ0) is 18.0. The second-order valence-electron chi connectivity index (χ2n) is 6.76. The molecule has 1 aromatic rings. The van der Waals surface area contributed by atoms with Crippen molar-refractivity contribution in [3.63, 3.8) is 0 Å². The summed E-state index contributed by atoms with van der Waals surface area (Å²) in [5, 5.41) is 9.00. The normalized spacial score (nSPS) is 20.1. The number of aromatic nitrogens is 2. The van der Waals surface area contributed by atoms with Crippen LogP contribution in [0.2, 0.25) is 0 Å². The van der Waals surface area contributed by atoms with Gasteiger partial charge in [-0.15, -0.1) is 0 Å². The van der Waals surface area contributed by atoms with E-state index in [4.69, 9.17) is 14.6 Å². The van der Waals surface area contributed by atoms with Gasteiger partial charge in [-0.2, -0.15) is 4.98 Å². The van der Waals surface area contributed by atoms with Crippen molar-refractivity contribution < 1.29 is 14.6 Å². The van der Waals surface area contributed by atoms with Crippen LogP contribution < -0.4 is 9.64 Å². The lowest BCUT2D eigenvalue weighted by Gasteiger charge is -2.26. The van der Waals surface area contributed by atoms with Crippen molar-refractivity contribution in [1.82, 2.24) is 19.8 Å². The number of hydrogen-bond donors (Lipinski definition) is 1. The minimum Gasteiger partial charge on any atom is -0.462 e. The number of aliphatic hydroxyl groups is 1. The number of morpholine rings is 1. The first kappa shape index (κ1) is 19.3. The lowest BCUT2D eigenvalue weighted by molar-refractivity contribution is 0.0317. The molecule has 0 unspecified atom stereocenters. The van der Waals surface area contributed by atoms with Gasteiger partial charge in [0.05, 0.1) is 13.2 Å². The molecule has 0 radical (unpaired) electrons. The summed E-state index contributed by atoms with van der Waals surface area (Å²) < 4.78 is 11.1. The lowest BCUT2D eigenvalue weighted by Crippen LogP contribution is -2.38. The van der Waals surface area contributed by atoms with Crippen LogP contribution in [0.25, 0.3) is 0 Å². The maximum atomic E-state index is 9.00. The predicted molar refractivity (Wildman–Crippen MR) is 99.8 cm³/mol. The van der Waals surface area contributed by atoms with Crippen LogP contribution in [0, 0.1) is 0 Å². The van der Waals surface area contributed by atoms with Crippen LogP contribution in [0.4, 0.5) is 5.82 Å². The maximum Gasteiger partial charge on any atom is 0.318 e. The Balaban J connectivity index is 1.47. The first-order valence-corrected chi connectivity index (χ1v) is 9.69. The summed E-state index contributed by atoms with van der Waals surface area (Å²) in [6.45, 7) is 10.2. The van der Waals surface area contributed by atoms with Crippen LogP contribution in [0.5, 0.6) is 6.01 Å². The molecule has 8 heteroatoms. The summed E-state index contributed by atoms with van der Waals surface area (Å²) in [4.78, 5) is 15.9. The van der Waals surface area contributed by atoms with Gasteiger partial charge in [-0.1, -0.05) is 0 Å². The van der Waals surface area contributed by atoms with E-state index in [9.17, 15) is 0 Å². The molecule has 0 bridgehead atoms. The third-order valence-electron chi connectivity index (χ3n) is 4.91. The van der Waals surface area contributed by atoms with Crippen molar-refractivity contribution in [2.24, 2.45) is 0 Å². The molecule has 2 aliphatic rings. The van der Waals surface area contributed by atoms with Gasteiger partial charge < -0.3 is 24.4 Å². The third-order valence-corrected chi connectivity index (χ3v) is 4.91. The Labute approximate surface area is 155 Å². The predicted octanol–water partition coefficient (Wildman–Crippen LogP) is 0.0821. The molecular formula is C18H31N5O3. The molecule has 0 aliphatic carbocycles. The standard InChI is InChI=1S/C18H31N5O3/c24-13-2-6-21-5-1-7-23(9-8-21)17-3-4-19-18(20-17)26-16-12-22-10-14-25-15-11-22/h3-4,24H,1-2,5-16H2. The van der Waals surface area contributed by atoms with Gasteiger partial charge in [0, 0.05) is 58.6 Å². The van der Waals surface area contributed by atoms with Gasteiger partial charge in [-0.25, -0.2) is 4.98 Å². The van der Waals surface area contributed by atoms with Gasteiger partial charge in [0.25, 0.3) is 0 Å². The highest BCUT2D eigenvalue weighted by Crippen LogP contribution is 2.16. The summed E-state index contributed by atoms with van der Waals surface area (Å²) in [5.41, 5.74) is 0. The minimum atomic E-state index is 0.261. The average molecular weight is 365 g/mol. The molecule has 2 saturated heterocycles. The molecule has 2 fully saturated rings. The van der Waals surface area contributed by atoms with Crippen molar-refractivity contribution in [2.75, 3.05) is 83.7 Å². The summed E-state index contributed by atoms with van der Waals surface area (Å²) >= 11 is 0. The molecule has 0 atom stereocenters. The van der Waals surface area contributed by atoms with Gasteiger partial charge in [0.2, 0.25) is 0 Å². The molecule has 0 spiro atoms. The van der Waals surface area contributed by atoms with Gasteiger partial charge in [0.1, 0.15) is 12.4 Å². The second-order valence-corrected chi connectivity index (χ2v) is 6.76. The molecule has 8 nitrogen and oxygen atoms in total. The molecule has 0 amide bonds. The monoisotopic (exact) mass is 365 g/mol. The summed E-state index contributed by atoms with van der Waals surface area (Å²) in [6, 6.07) is 2.41. The quantitative estimate of drug-likeness (QED) is 0.694. The van der Waals surface area contributed by atoms with Crippen LogP contribution in [-0.4, -0.2) is 104 Å². The number of anilines is 1. The van der Waals surface area contributed by atoms with Gasteiger partial charge in [0.15, 0.2) is 0 Å². The van der Waals surface area contributed by atoms with E-state index in [-0.39, 0.29) is 6.61 Å². The number of rotatable bonds is 8. The number of nitrogens with zero attached hydrogens (tertiary/aromatic N) is 5. The molecule has 3 rings (SSSR count). The van der Waals surface area contributed by atoms with Crippen molar-refractivity contribution in [1.29, 1.82) is 0 Å². The molecule has 26 heavy (non-hydrogen) atoms. The molecule has 0 saturated carbocycles. The topological polar surface area (TPSA) is 74.2 Å². The molecule has 3 heterocycles. The minimum absolute atomic E-state index is 0.261. The van der Waals surface area contributed by atoms with E-state index in [0.29, 0.717) is 12.6 Å². The number of ether oxygens (including phenoxy) is 2. The Kier molecular flexibility index (Phi) is 7.87. The zero-order valence-corrected chi connectivity index (χ0v) is 15.6. The summed E-state index contributed by atoms with van der Waals surface area (Å²) in [5.74, 6) is 0.936. The number of aliphatic hydroxyl groups excluding tert-OH is 1. The second kappa shape index (κ2) is 10.6. The van der Waals surface area contributed by atoms with Gasteiger partial charge in [-0.3, -0.25) is 4.90 Å². The Hall–Kier alpha value is -1.48. The average Bonchev–Trinajstić information content (AvgIpc) is 2.93. The van der Waals surface area contributed by atoms with E-state index in [0.717, 1.165) is 84.2 Å². The highest BCUT2D eigenvalue weighted by Gasteiger charge is 2.16. The summed E-state index contributed by atoms with van der Waals surface area (Å²) in [6.07, 6.45) is 3.72. The fourth-order valence-corrected chi connectivity index (χ4v) is 3.39. The zero-order valence-electron chi connectivity index (χ0n) is 15.6. The van der Waals surface area contributed by atoms with Gasteiger partial charge in [-0.05, 0) is 25.5 Å². The fourth-order valence-electron chi connectivity index (χ4n) is 3.39. The van der Waals surface area contributed by atoms with Crippen molar-refractivity contribution in [3.05, 3.63) is 12.3 Å². The van der Waals surface area contributed by atoms with E-state index < -0.39 is 0 Å². The van der Waals surface area contributed by atoms with Crippen molar-refractivity contribution in [3.8, 4) is 6.01 Å². The largest absolute Gasteiger partial charge is 0.462 e. The van der Waals surface area contributed by atoms with Crippen LogP contribution in [0.3, 0.4) is 0 Å². The lowest BCUT2D eigenvalue weighted by atomic mass is 10.3. The van der Waals surface area contributed by atoms with E-state index in [1.54, 1.807) is 6.20 Å². The van der Waals surface area contributed by atoms with E-state index in [1.165, 1.54) is 0 Å². The smallest absolute Gasteiger partial charge is 0.318 e. The molecular weight excluding hydrogens is 334 g/mol. The van der Waals surface area contributed by atoms with Crippen LogP contribution >= 0.6 is 0 Å².